The van der Waals surface area contributed by atoms with Crippen LogP contribution in [0.4, 0.5) is 17.3 Å². The Morgan fingerprint density at radius 2 is 1.67 bits per heavy atom. The fraction of sp³-hybridized carbons (Fsp3) is 0.0556. The van der Waals surface area contributed by atoms with Crippen molar-refractivity contribution in [3.8, 4) is 6.07 Å². The Labute approximate surface area is 161 Å². The molecule has 0 saturated carbocycles. The van der Waals surface area contributed by atoms with Gasteiger partial charge in [-0.3, -0.25) is 4.72 Å². The number of halogens is 1. The highest BCUT2D eigenvalue weighted by Crippen LogP contribution is 2.21. The molecular formula is C18H14ClN5O2S. The van der Waals surface area contributed by atoms with Gasteiger partial charge in [-0.1, -0.05) is 11.6 Å². The highest BCUT2D eigenvalue weighted by molar-refractivity contribution is 7.92. The number of benzene rings is 2. The number of anilines is 3. The molecule has 0 saturated heterocycles. The van der Waals surface area contributed by atoms with Gasteiger partial charge in [0.15, 0.2) is 11.6 Å². The molecule has 0 fully saturated rings. The zero-order valence-corrected chi connectivity index (χ0v) is 15.7. The summed E-state index contributed by atoms with van der Waals surface area (Å²) in [6, 6.07) is 16.4. The number of aryl methyl sites for hydroxylation is 1. The van der Waals surface area contributed by atoms with E-state index in [1.807, 2.05) is 6.07 Å². The molecule has 2 aromatic carbocycles. The maximum atomic E-state index is 12.4. The SMILES string of the molecule is Cc1cc(S(=O)(=O)Nc2ccc(Nc3ccc(C#N)cc3)nn2)ccc1Cl. The third kappa shape index (κ3) is 4.53. The predicted molar refractivity (Wildman–Crippen MR) is 103 cm³/mol. The van der Waals surface area contributed by atoms with Gasteiger partial charge in [-0.2, -0.15) is 5.26 Å². The van der Waals surface area contributed by atoms with E-state index in [-0.39, 0.29) is 10.7 Å². The summed E-state index contributed by atoms with van der Waals surface area (Å²) in [6.45, 7) is 1.73. The van der Waals surface area contributed by atoms with Crippen molar-refractivity contribution in [2.24, 2.45) is 0 Å². The second-order valence-electron chi connectivity index (χ2n) is 5.63. The lowest BCUT2D eigenvalue weighted by molar-refractivity contribution is 0.601. The van der Waals surface area contributed by atoms with Gasteiger partial charge < -0.3 is 5.32 Å². The predicted octanol–water partition coefficient (Wildman–Crippen LogP) is 3.85. The Morgan fingerprint density at radius 1 is 1.00 bits per heavy atom. The largest absolute Gasteiger partial charge is 0.339 e. The molecule has 2 N–H and O–H groups in total. The quantitative estimate of drug-likeness (QED) is 0.674. The van der Waals surface area contributed by atoms with Crippen LogP contribution in [0.5, 0.6) is 0 Å². The first-order chi connectivity index (χ1) is 12.9. The highest BCUT2D eigenvalue weighted by atomic mass is 35.5. The van der Waals surface area contributed by atoms with Crippen LogP contribution in [0.3, 0.4) is 0 Å². The van der Waals surface area contributed by atoms with E-state index >= 15 is 0 Å². The average molecular weight is 400 g/mol. The monoisotopic (exact) mass is 399 g/mol. The summed E-state index contributed by atoms with van der Waals surface area (Å²) < 4.78 is 27.3. The first-order valence-corrected chi connectivity index (χ1v) is 9.63. The summed E-state index contributed by atoms with van der Waals surface area (Å²) >= 11 is 5.93. The van der Waals surface area contributed by atoms with E-state index < -0.39 is 10.0 Å². The molecule has 1 aromatic heterocycles. The van der Waals surface area contributed by atoms with E-state index in [0.717, 1.165) is 5.69 Å². The molecule has 7 nitrogen and oxygen atoms in total. The van der Waals surface area contributed by atoms with Crippen LogP contribution < -0.4 is 10.0 Å². The van der Waals surface area contributed by atoms with Crippen molar-refractivity contribution in [1.29, 1.82) is 5.26 Å². The molecule has 136 valence electrons. The van der Waals surface area contributed by atoms with Crippen LogP contribution in [0, 0.1) is 18.3 Å². The molecule has 0 spiro atoms. The summed E-state index contributed by atoms with van der Waals surface area (Å²) in [5.41, 5.74) is 1.94. The normalized spacial score (nSPS) is 10.9. The standard InChI is InChI=1S/C18H14ClN5O2S/c1-12-10-15(6-7-16(12)19)27(25,26)24-18-9-8-17(22-23-18)21-14-4-2-13(11-20)3-5-14/h2-10H,1H3,(H,21,22)(H,23,24). The van der Waals surface area contributed by atoms with E-state index in [1.165, 1.54) is 24.3 Å². The molecular weight excluding hydrogens is 386 g/mol. The van der Waals surface area contributed by atoms with Crippen LogP contribution in [0.1, 0.15) is 11.1 Å². The van der Waals surface area contributed by atoms with Crippen molar-refractivity contribution < 1.29 is 8.42 Å². The average Bonchev–Trinajstić information content (AvgIpc) is 2.66. The van der Waals surface area contributed by atoms with E-state index in [4.69, 9.17) is 16.9 Å². The number of nitrogens with zero attached hydrogens (tertiary/aromatic N) is 3. The Balaban J connectivity index is 1.72. The number of rotatable bonds is 5. The fourth-order valence-corrected chi connectivity index (χ4v) is 3.41. The van der Waals surface area contributed by atoms with Gasteiger partial charge in [0.25, 0.3) is 10.0 Å². The minimum Gasteiger partial charge on any atom is -0.339 e. The van der Waals surface area contributed by atoms with Crippen molar-refractivity contribution in [2.75, 3.05) is 10.0 Å². The zero-order chi connectivity index (χ0) is 19.4. The summed E-state index contributed by atoms with van der Waals surface area (Å²) in [7, 11) is -3.79. The molecule has 3 aromatic rings. The lowest BCUT2D eigenvalue weighted by atomic mass is 10.2. The summed E-state index contributed by atoms with van der Waals surface area (Å²) in [4.78, 5) is 0.0889. The Kier molecular flexibility index (Phi) is 5.26. The van der Waals surface area contributed by atoms with Crippen LogP contribution >= 0.6 is 11.6 Å². The van der Waals surface area contributed by atoms with Gasteiger partial charge >= 0.3 is 0 Å². The fourth-order valence-electron chi connectivity index (χ4n) is 2.21. The molecule has 27 heavy (non-hydrogen) atoms. The maximum absolute atomic E-state index is 12.4. The number of nitriles is 1. The number of nitrogens with one attached hydrogen (secondary N) is 2. The highest BCUT2D eigenvalue weighted by Gasteiger charge is 2.16. The summed E-state index contributed by atoms with van der Waals surface area (Å²) in [6.07, 6.45) is 0. The number of hydrogen-bond donors (Lipinski definition) is 2. The molecule has 0 amide bonds. The smallest absolute Gasteiger partial charge is 0.263 e. The van der Waals surface area contributed by atoms with Crippen LogP contribution in [0.15, 0.2) is 59.5 Å². The summed E-state index contributed by atoms with van der Waals surface area (Å²) in [5.74, 6) is 0.526. The Morgan fingerprint density at radius 3 is 2.26 bits per heavy atom. The molecule has 3 rings (SSSR count). The van der Waals surface area contributed by atoms with E-state index in [2.05, 4.69) is 20.2 Å². The van der Waals surface area contributed by atoms with Gasteiger partial charge in [0.05, 0.1) is 16.5 Å². The van der Waals surface area contributed by atoms with Gasteiger partial charge in [0.2, 0.25) is 0 Å². The lowest BCUT2D eigenvalue weighted by Crippen LogP contribution is -2.14. The Bertz CT molecular complexity index is 1110. The molecule has 0 unspecified atom stereocenters. The maximum Gasteiger partial charge on any atom is 0.263 e. The second-order valence-corrected chi connectivity index (χ2v) is 7.72. The van der Waals surface area contributed by atoms with Crippen molar-refractivity contribution in [3.63, 3.8) is 0 Å². The van der Waals surface area contributed by atoms with Gasteiger partial charge in [-0.15, -0.1) is 10.2 Å². The van der Waals surface area contributed by atoms with Crippen LogP contribution in [-0.2, 0) is 10.0 Å². The van der Waals surface area contributed by atoms with Crippen molar-refractivity contribution in [2.45, 2.75) is 11.8 Å². The van der Waals surface area contributed by atoms with Gasteiger partial charge in [-0.05, 0) is 67.1 Å². The molecule has 9 heteroatoms. The third-order valence-electron chi connectivity index (χ3n) is 3.63. The van der Waals surface area contributed by atoms with E-state index in [1.54, 1.807) is 37.3 Å². The van der Waals surface area contributed by atoms with E-state index in [0.29, 0.717) is 22.0 Å². The van der Waals surface area contributed by atoms with Crippen LogP contribution in [-0.4, -0.2) is 18.6 Å². The van der Waals surface area contributed by atoms with E-state index in [9.17, 15) is 8.42 Å². The second kappa shape index (κ2) is 7.61. The van der Waals surface area contributed by atoms with Crippen molar-refractivity contribution in [1.82, 2.24) is 10.2 Å². The lowest BCUT2D eigenvalue weighted by Gasteiger charge is -2.09. The molecule has 0 aliphatic rings. The Hall–Kier alpha value is -3.15. The zero-order valence-electron chi connectivity index (χ0n) is 14.1. The topological polar surface area (TPSA) is 108 Å². The number of hydrogen-bond acceptors (Lipinski definition) is 6. The minimum absolute atomic E-state index is 0.0889. The van der Waals surface area contributed by atoms with Gasteiger partial charge in [0, 0.05) is 10.7 Å². The van der Waals surface area contributed by atoms with Crippen LogP contribution in [0.2, 0.25) is 5.02 Å². The molecule has 0 bridgehead atoms. The summed E-state index contributed by atoms with van der Waals surface area (Å²) in [5, 5.41) is 20.1. The third-order valence-corrected chi connectivity index (χ3v) is 5.41. The van der Waals surface area contributed by atoms with Crippen molar-refractivity contribution in [3.05, 3.63) is 70.7 Å². The van der Waals surface area contributed by atoms with Crippen molar-refractivity contribution >= 4 is 38.9 Å². The first kappa shape index (κ1) is 18.6. The van der Waals surface area contributed by atoms with Crippen LogP contribution in [0.25, 0.3) is 0 Å². The first-order valence-electron chi connectivity index (χ1n) is 7.77. The van der Waals surface area contributed by atoms with Gasteiger partial charge in [0.1, 0.15) is 0 Å². The molecule has 0 aliphatic carbocycles. The molecule has 0 atom stereocenters. The molecule has 0 aliphatic heterocycles. The number of sulfonamides is 1. The molecule has 0 radical (unpaired) electrons. The molecule has 1 heterocycles. The van der Waals surface area contributed by atoms with Gasteiger partial charge in [-0.25, -0.2) is 8.42 Å². The minimum atomic E-state index is -3.79. The number of aromatic nitrogens is 2.